The third-order valence-corrected chi connectivity index (χ3v) is 3.96. The summed E-state index contributed by atoms with van der Waals surface area (Å²) in [7, 11) is -6.04. The SMILES string of the molecule is O=S(=O)(OCc1c(F)cc(F)c(-c2ccccc2)c1F)C(F)(F)F. The van der Waals surface area contributed by atoms with Crippen molar-refractivity contribution in [3.05, 3.63) is 59.4 Å². The molecule has 0 aliphatic rings. The number of rotatable bonds is 4. The molecule has 0 saturated carbocycles. The fraction of sp³-hybridized carbons (Fsp3) is 0.143. The average molecular weight is 370 g/mol. The minimum Gasteiger partial charge on any atom is -0.258 e. The van der Waals surface area contributed by atoms with Gasteiger partial charge in [0.1, 0.15) is 17.5 Å². The van der Waals surface area contributed by atoms with Crippen molar-refractivity contribution in [2.45, 2.75) is 12.1 Å². The Kier molecular flexibility index (Phi) is 4.90. The monoisotopic (exact) mass is 370 g/mol. The maximum Gasteiger partial charge on any atom is 0.523 e. The highest BCUT2D eigenvalue weighted by Gasteiger charge is 2.47. The standard InChI is InChI=1S/C14H8F6O3S/c15-10-6-11(16)12(8-4-2-1-3-5-8)13(17)9(10)7-23-24(21,22)14(18,19)20/h1-6H,7H2. The predicted molar refractivity (Wildman–Crippen MR) is 71.5 cm³/mol. The zero-order valence-corrected chi connectivity index (χ0v) is 12.4. The van der Waals surface area contributed by atoms with Gasteiger partial charge in [0.25, 0.3) is 0 Å². The van der Waals surface area contributed by atoms with Crippen LogP contribution in [0.4, 0.5) is 26.3 Å². The molecule has 0 saturated heterocycles. The Bertz CT molecular complexity index is 847. The molecule has 0 bridgehead atoms. The van der Waals surface area contributed by atoms with Gasteiger partial charge in [0, 0.05) is 6.07 Å². The lowest BCUT2D eigenvalue weighted by Gasteiger charge is -2.12. The van der Waals surface area contributed by atoms with Crippen LogP contribution in [-0.4, -0.2) is 13.9 Å². The van der Waals surface area contributed by atoms with Crippen LogP contribution >= 0.6 is 0 Å². The van der Waals surface area contributed by atoms with Crippen molar-refractivity contribution < 1.29 is 38.9 Å². The maximum atomic E-state index is 14.3. The molecule has 0 aliphatic heterocycles. The lowest BCUT2D eigenvalue weighted by atomic mass is 10.0. The molecule has 0 amide bonds. The van der Waals surface area contributed by atoms with Crippen LogP contribution in [0.5, 0.6) is 0 Å². The molecule has 0 atom stereocenters. The van der Waals surface area contributed by atoms with Gasteiger partial charge in [-0.05, 0) is 5.56 Å². The van der Waals surface area contributed by atoms with E-state index >= 15 is 0 Å². The van der Waals surface area contributed by atoms with Crippen molar-refractivity contribution in [2.75, 3.05) is 0 Å². The summed E-state index contributed by atoms with van der Waals surface area (Å²) < 4.78 is 104. The van der Waals surface area contributed by atoms with E-state index in [1.54, 1.807) is 6.07 Å². The van der Waals surface area contributed by atoms with Gasteiger partial charge in [0.05, 0.1) is 17.7 Å². The molecule has 2 aromatic rings. The molecule has 2 rings (SSSR count). The van der Waals surface area contributed by atoms with Crippen molar-refractivity contribution in [3.63, 3.8) is 0 Å². The van der Waals surface area contributed by atoms with Crippen LogP contribution in [0.1, 0.15) is 5.56 Å². The summed E-state index contributed by atoms with van der Waals surface area (Å²) in [6.07, 6.45) is 0. The van der Waals surface area contributed by atoms with Crippen LogP contribution in [-0.2, 0) is 20.9 Å². The van der Waals surface area contributed by atoms with Crippen molar-refractivity contribution in [2.24, 2.45) is 0 Å². The van der Waals surface area contributed by atoms with Gasteiger partial charge in [-0.1, -0.05) is 30.3 Å². The first-order valence-corrected chi connectivity index (χ1v) is 7.63. The second-order valence-corrected chi connectivity index (χ2v) is 6.14. The van der Waals surface area contributed by atoms with Crippen LogP contribution in [0.3, 0.4) is 0 Å². The van der Waals surface area contributed by atoms with Crippen molar-refractivity contribution in [3.8, 4) is 11.1 Å². The summed E-state index contributed by atoms with van der Waals surface area (Å²) in [5.74, 6) is -4.41. The zero-order chi connectivity index (χ0) is 18.1. The Morgan fingerprint density at radius 3 is 2.08 bits per heavy atom. The number of hydrogen-bond acceptors (Lipinski definition) is 3. The molecule has 2 aromatic carbocycles. The molecular weight excluding hydrogens is 362 g/mol. The Hall–Kier alpha value is -2.07. The van der Waals surface area contributed by atoms with Crippen LogP contribution in [0, 0.1) is 17.5 Å². The van der Waals surface area contributed by atoms with Crippen LogP contribution in [0.2, 0.25) is 0 Å². The fourth-order valence-electron chi connectivity index (χ4n) is 1.84. The molecule has 0 aromatic heterocycles. The van der Waals surface area contributed by atoms with E-state index in [9.17, 15) is 34.8 Å². The smallest absolute Gasteiger partial charge is 0.258 e. The van der Waals surface area contributed by atoms with Gasteiger partial charge >= 0.3 is 15.6 Å². The van der Waals surface area contributed by atoms with Gasteiger partial charge in [-0.3, -0.25) is 4.18 Å². The average Bonchev–Trinajstić information content (AvgIpc) is 2.46. The summed E-state index contributed by atoms with van der Waals surface area (Å²) in [5.41, 5.74) is -7.60. The Morgan fingerprint density at radius 2 is 1.54 bits per heavy atom. The summed E-state index contributed by atoms with van der Waals surface area (Å²) in [6.45, 7) is -1.57. The summed E-state index contributed by atoms with van der Waals surface area (Å²) in [4.78, 5) is 0. The minimum atomic E-state index is -6.04. The Morgan fingerprint density at radius 1 is 0.958 bits per heavy atom. The molecule has 24 heavy (non-hydrogen) atoms. The molecule has 0 fully saturated rings. The van der Waals surface area contributed by atoms with Crippen molar-refractivity contribution in [1.82, 2.24) is 0 Å². The van der Waals surface area contributed by atoms with Gasteiger partial charge in [-0.25, -0.2) is 13.2 Å². The molecule has 0 N–H and O–H groups in total. The van der Waals surface area contributed by atoms with Gasteiger partial charge < -0.3 is 0 Å². The molecular formula is C14H8F6O3S. The third kappa shape index (κ3) is 3.54. The summed E-state index contributed by atoms with van der Waals surface area (Å²) in [5, 5.41) is 0. The van der Waals surface area contributed by atoms with Gasteiger partial charge in [0.15, 0.2) is 0 Å². The van der Waals surface area contributed by atoms with Crippen LogP contribution < -0.4 is 0 Å². The molecule has 130 valence electrons. The van der Waals surface area contributed by atoms with Gasteiger partial charge in [-0.15, -0.1) is 0 Å². The number of benzene rings is 2. The van der Waals surface area contributed by atoms with E-state index in [-0.39, 0.29) is 11.6 Å². The molecule has 0 aliphatic carbocycles. The second kappa shape index (κ2) is 6.44. The van der Waals surface area contributed by atoms with E-state index in [4.69, 9.17) is 0 Å². The maximum absolute atomic E-state index is 14.3. The fourth-order valence-corrected chi connectivity index (χ4v) is 2.24. The van der Waals surface area contributed by atoms with E-state index in [0.717, 1.165) is 0 Å². The van der Waals surface area contributed by atoms with Crippen LogP contribution in [0.15, 0.2) is 36.4 Å². The topological polar surface area (TPSA) is 43.4 Å². The van der Waals surface area contributed by atoms with E-state index in [1.807, 2.05) is 0 Å². The molecule has 10 heteroatoms. The molecule has 0 spiro atoms. The summed E-state index contributed by atoms with van der Waals surface area (Å²) in [6, 6.07) is 7.23. The van der Waals surface area contributed by atoms with E-state index in [1.165, 1.54) is 24.3 Å². The number of alkyl halides is 3. The highest BCUT2D eigenvalue weighted by Crippen LogP contribution is 2.31. The number of halogens is 6. The largest absolute Gasteiger partial charge is 0.523 e. The zero-order valence-electron chi connectivity index (χ0n) is 11.6. The Labute approximate surface area is 132 Å². The van der Waals surface area contributed by atoms with Gasteiger partial charge in [-0.2, -0.15) is 21.6 Å². The normalized spacial score (nSPS) is 12.4. The Balaban J connectivity index is 2.46. The second-order valence-electron chi connectivity index (χ2n) is 4.54. The van der Waals surface area contributed by atoms with E-state index in [0.29, 0.717) is 0 Å². The van der Waals surface area contributed by atoms with Gasteiger partial charge in [0.2, 0.25) is 0 Å². The molecule has 3 nitrogen and oxygen atoms in total. The molecule has 0 unspecified atom stereocenters. The van der Waals surface area contributed by atoms with Crippen LogP contribution in [0.25, 0.3) is 11.1 Å². The third-order valence-electron chi connectivity index (χ3n) is 2.97. The molecule has 0 radical (unpaired) electrons. The van der Waals surface area contributed by atoms with Crippen molar-refractivity contribution in [1.29, 1.82) is 0 Å². The summed E-state index contributed by atoms with van der Waals surface area (Å²) >= 11 is 0. The van der Waals surface area contributed by atoms with Crippen molar-refractivity contribution >= 4 is 10.1 Å². The quantitative estimate of drug-likeness (QED) is 0.462. The van der Waals surface area contributed by atoms with E-state index < -0.39 is 50.8 Å². The lowest BCUT2D eigenvalue weighted by molar-refractivity contribution is -0.0549. The number of hydrogen-bond donors (Lipinski definition) is 0. The molecule has 0 heterocycles. The first-order valence-electron chi connectivity index (χ1n) is 6.22. The minimum absolute atomic E-state index is 0.00701. The highest BCUT2D eigenvalue weighted by molar-refractivity contribution is 7.87. The highest BCUT2D eigenvalue weighted by atomic mass is 32.2. The van der Waals surface area contributed by atoms with E-state index in [2.05, 4.69) is 4.18 Å². The predicted octanol–water partition coefficient (Wildman–Crippen LogP) is 4.14. The lowest BCUT2D eigenvalue weighted by Crippen LogP contribution is -2.25. The first-order chi connectivity index (χ1) is 11.0. The first kappa shape index (κ1) is 18.3.